The highest BCUT2D eigenvalue weighted by Crippen LogP contribution is 2.43. The third kappa shape index (κ3) is 3.33. The maximum absolute atomic E-state index is 13.5. The minimum atomic E-state index is -0.492. The highest BCUT2D eigenvalue weighted by molar-refractivity contribution is 7.99. The summed E-state index contributed by atoms with van der Waals surface area (Å²) in [6, 6.07) is 13.2. The Bertz CT molecular complexity index is 1300. The largest absolute Gasteiger partial charge is 0.289 e. The van der Waals surface area contributed by atoms with Crippen LogP contribution in [0.4, 0.5) is 10.2 Å². The summed E-state index contributed by atoms with van der Waals surface area (Å²) in [6.07, 6.45) is 3.28. The quantitative estimate of drug-likeness (QED) is 0.403. The van der Waals surface area contributed by atoms with Crippen LogP contribution in [0, 0.1) is 5.95 Å². The molecule has 0 spiro atoms. The molecule has 6 rings (SSSR count). The average molecular weight is 477 g/mol. The fourth-order valence-corrected chi connectivity index (χ4v) is 6.04. The first-order valence-corrected chi connectivity index (χ1v) is 12.6. The number of benzene rings is 1. The number of fused-ring (bicyclic) bond motifs is 5. The highest BCUT2D eigenvalue weighted by Gasteiger charge is 2.49. The van der Waals surface area contributed by atoms with E-state index in [-0.39, 0.29) is 18.0 Å². The zero-order chi connectivity index (χ0) is 23.4. The fourth-order valence-electron chi connectivity index (χ4n) is 5.19. The Balaban J connectivity index is 1.36. The number of guanidine groups is 1. The van der Waals surface area contributed by atoms with E-state index in [1.807, 2.05) is 36.0 Å². The summed E-state index contributed by atoms with van der Waals surface area (Å²) in [5.41, 5.74) is 3.19. The Morgan fingerprint density at radius 3 is 2.74 bits per heavy atom. The van der Waals surface area contributed by atoms with Crippen molar-refractivity contribution in [2.45, 2.75) is 49.8 Å². The van der Waals surface area contributed by atoms with Crippen LogP contribution in [0.15, 0.2) is 52.5 Å². The maximum Gasteiger partial charge on any atom is 0.266 e. The third-order valence-electron chi connectivity index (χ3n) is 6.78. The Kier molecular flexibility index (Phi) is 5.17. The number of rotatable bonds is 5. The molecule has 1 amide bonds. The fraction of sp³-hybridized carbons (Fsp3) is 0.360. The molecule has 1 saturated carbocycles. The first-order chi connectivity index (χ1) is 16.5. The molecule has 7 nitrogen and oxygen atoms in total. The molecule has 2 aromatic heterocycles. The molecule has 2 aliphatic heterocycles. The van der Waals surface area contributed by atoms with Crippen LogP contribution in [0.3, 0.4) is 0 Å². The van der Waals surface area contributed by atoms with Crippen LogP contribution in [0.2, 0.25) is 0 Å². The second-order valence-corrected chi connectivity index (χ2v) is 10.1. The number of amides is 1. The molecular formula is C25H25FN6OS. The summed E-state index contributed by atoms with van der Waals surface area (Å²) in [7, 11) is 1.81. The lowest BCUT2D eigenvalue weighted by Gasteiger charge is -2.34. The van der Waals surface area contributed by atoms with E-state index in [1.165, 1.54) is 6.07 Å². The number of thioether (sulfide) groups is 1. The predicted molar refractivity (Wildman–Crippen MR) is 131 cm³/mol. The molecule has 1 aliphatic carbocycles. The standard InChI is InChI=1S/C25H25FN6OS/c1-3-34-24-21-22(32-19-8-4-7-18(19)28-25(32)30(2)23(21)33)29-31(24)14-15-10-12-16(13-11-15)17-6-5-9-20(26)27-17/h5-6,9-13,18-19H,3-4,7-8,14H2,1-2H3/t18-,19+/m1/s1. The van der Waals surface area contributed by atoms with Gasteiger partial charge in [-0.2, -0.15) is 9.49 Å². The Hall–Kier alpha value is -3.20. The lowest BCUT2D eigenvalue weighted by atomic mass is 10.1. The second-order valence-electron chi connectivity index (χ2n) is 8.87. The van der Waals surface area contributed by atoms with Crippen LogP contribution < -0.4 is 4.90 Å². The molecule has 1 fully saturated rings. The highest BCUT2D eigenvalue weighted by atomic mass is 32.2. The lowest BCUT2D eigenvalue weighted by Crippen LogP contribution is -2.51. The van der Waals surface area contributed by atoms with Crippen LogP contribution in [0.5, 0.6) is 0 Å². The van der Waals surface area contributed by atoms with Crippen LogP contribution >= 0.6 is 11.8 Å². The van der Waals surface area contributed by atoms with Crippen molar-refractivity contribution in [3.63, 3.8) is 0 Å². The van der Waals surface area contributed by atoms with Crippen molar-refractivity contribution in [3.05, 3.63) is 59.5 Å². The van der Waals surface area contributed by atoms with Gasteiger partial charge in [0, 0.05) is 12.6 Å². The molecule has 174 valence electrons. The van der Waals surface area contributed by atoms with E-state index in [4.69, 9.17) is 10.1 Å². The van der Waals surface area contributed by atoms with Crippen molar-refractivity contribution in [2.75, 3.05) is 17.7 Å². The van der Waals surface area contributed by atoms with Gasteiger partial charge in [-0.05, 0) is 42.7 Å². The van der Waals surface area contributed by atoms with Gasteiger partial charge in [0.2, 0.25) is 11.9 Å². The summed E-state index contributed by atoms with van der Waals surface area (Å²) in [5.74, 6) is 1.78. The van der Waals surface area contributed by atoms with Crippen LogP contribution in [-0.4, -0.2) is 56.4 Å². The number of nitrogens with zero attached hydrogens (tertiary/aromatic N) is 6. The van der Waals surface area contributed by atoms with Gasteiger partial charge in [0.1, 0.15) is 10.6 Å². The van der Waals surface area contributed by atoms with E-state index in [0.29, 0.717) is 17.8 Å². The van der Waals surface area contributed by atoms with Gasteiger partial charge in [-0.25, -0.2) is 9.98 Å². The predicted octanol–water partition coefficient (Wildman–Crippen LogP) is 4.43. The number of hydrogen-bond acceptors (Lipinski definition) is 6. The number of halogens is 1. The number of aliphatic imine (C=N–C) groups is 1. The van der Waals surface area contributed by atoms with E-state index in [9.17, 15) is 9.18 Å². The molecule has 0 N–H and O–H groups in total. The van der Waals surface area contributed by atoms with Gasteiger partial charge >= 0.3 is 0 Å². The summed E-state index contributed by atoms with van der Waals surface area (Å²) in [5, 5.41) is 5.87. The minimum absolute atomic E-state index is 0.0419. The molecule has 0 bridgehead atoms. The van der Waals surface area contributed by atoms with Crippen LogP contribution in [-0.2, 0) is 6.54 Å². The zero-order valence-electron chi connectivity index (χ0n) is 19.1. The molecule has 2 atom stereocenters. The van der Waals surface area contributed by atoms with Crippen molar-refractivity contribution >= 4 is 29.4 Å². The van der Waals surface area contributed by atoms with Gasteiger partial charge in [-0.1, -0.05) is 37.3 Å². The Labute approximate surface area is 201 Å². The molecule has 3 aromatic rings. The van der Waals surface area contributed by atoms with Crippen molar-refractivity contribution in [1.29, 1.82) is 0 Å². The summed E-state index contributed by atoms with van der Waals surface area (Å²) >= 11 is 1.64. The molecular weight excluding hydrogens is 451 g/mol. The van der Waals surface area contributed by atoms with Crippen molar-refractivity contribution in [2.24, 2.45) is 4.99 Å². The van der Waals surface area contributed by atoms with E-state index in [1.54, 1.807) is 28.8 Å². The molecule has 4 heterocycles. The van der Waals surface area contributed by atoms with Crippen LogP contribution in [0.25, 0.3) is 11.3 Å². The third-order valence-corrected chi connectivity index (χ3v) is 7.76. The molecule has 34 heavy (non-hydrogen) atoms. The van der Waals surface area contributed by atoms with Crippen molar-refractivity contribution in [1.82, 2.24) is 19.7 Å². The summed E-state index contributed by atoms with van der Waals surface area (Å²) in [4.78, 5) is 26.1. The van der Waals surface area contributed by atoms with E-state index >= 15 is 0 Å². The van der Waals surface area contributed by atoms with Crippen molar-refractivity contribution < 1.29 is 9.18 Å². The monoisotopic (exact) mass is 476 g/mol. The smallest absolute Gasteiger partial charge is 0.266 e. The molecule has 0 saturated heterocycles. The molecule has 0 radical (unpaired) electrons. The zero-order valence-corrected chi connectivity index (χ0v) is 19.9. The molecule has 1 aromatic carbocycles. The second kappa shape index (κ2) is 8.23. The molecule has 9 heteroatoms. The number of aromatic nitrogens is 3. The number of carbonyl (C=O) groups excluding carboxylic acids is 1. The van der Waals surface area contributed by atoms with Gasteiger partial charge in [-0.3, -0.25) is 19.3 Å². The van der Waals surface area contributed by atoms with E-state index < -0.39 is 5.95 Å². The summed E-state index contributed by atoms with van der Waals surface area (Å²) < 4.78 is 15.5. The van der Waals surface area contributed by atoms with Crippen LogP contribution in [0.1, 0.15) is 42.1 Å². The Morgan fingerprint density at radius 2 is 1.97 bits per heavy atom. The normalized spacial score (nSPS) is 20.9. The van der Waals surface area contributed by atoms with E-state index in [0.717, 1.165) is 52.9 Å². The van der Waals surface area contributed by atoms with Gasteiger partial charge < -0.3 is 0 Å². The number of carbonyl (C=O) groups is 1. The van der Waals surface area contributed by atoms with Gasteiger partial charge in [0.25, 0.3) is 5.91 Å². The minimum Gasteiger partial charge on any atom is -0.289 e. The number of pyridine rings is 1. The lowest BCUT2D eigenvalue weighted by molar-refractivity contribution is 0.0861. The Morgan fingerprint density at radius 1 is 1.15 bits per heavy atom. The van der Waals surface area contributed by atoms with Gasteiger partial charge in [0.15, 0.2) is 5.82 Å². The maximum atomic E-state index is 13.5. The van der Waals surface area contributed by atoms with Crippen molar-refractivity contribution in [3.8, 4) is 11.3 Å². The van der Waals surface area contributed by atoms with Gasteiger partial charge in [0.05, 0.1) is 24.3 Å². The average Bonchev–Trinajstić information content (AvgIpc) is 3.52. The molecule has 0 unspecified atom stereocenters. The topological polar surface area (TPSA) is 66.6 Å². The number of hydrogen-bond donors (Lipinski definition) is 0. The molecule has 3 aliphatic rings. The van der Waals surface area contributed by atoms with Gasteiger partial charge in [-0.15, -0.1) is 11.8 Å². The van der Waals surface area contributed by atoms with E-state index in [2.05, 4.69) is 16.8 Å². The summed E-state index contributed by atoms with van der Waals surface area (Å²) in [6.45, 7) is 2.62. The first kappa shape index (κ1) is 21.3. The number of anilines is 1. The SMILES string of the molecule is CCSc1c2c(nn1Cc1ccc(-c3cccc(F)n3)cc1)N1C(=N[C@@H]3CCC[C@@H]31)N(C)C2=O. The first-order valence-electron chi connectivity index (χ1n) is 11.7.